The Morgan fingerprint density at radius 3 is 2.19 bits per heavy atom. The van der Waals surface area contributed by atoms with Crippen LogP contribution in [0.5, 0.6) is 0 Å². The normalized spacial score (nSPS) is 25.6. The van der Waals surface area contributed by atoms with Gasteiger partial charge in [-0.15, -0.1) is 0 Å². The minimum atomic E-state index is -1.86. The molecule has 0 radical (unpaired) electrons. The molecule has 0 aromatic carbocycles. The summed E-state index contributed by atoms with van der Waals surface area (Å²) in [6.07, 6.45) is 0.0602. The van der Waals surface area contributed by atoms with E-state index in [-0.39, 0.29) is 27.2 Å². The number of hydrogen-bond donors (Lipinski definition) is 0. The Morgan fingerprint density at radius 1 is 1.15 bits per heavy atom. The number of ether oxygens (including phenoxy) is 2. The van der Waals surface area contributed by atoms with Gasteiger partial charge in [-0.2, -0.15) is 0 Å². The molecule has 4 nitrogen and oxygen atoms in total. The van der Waals surface area contributed by atoms with Crippen molar-refractivity contribution in [2.24, 2.45) is 0 Å². The third-order valence-electron chi connectivity index (χ3n) is 5.20. The fourth-order valence-corrected chi connectivity index (χ4v) is 5.02. The first-order chi connectivity index (χ1) is 12.0. The van der Waals surface area contributed by atoms with Gasteiger partial charge in [0.15, 0.2) is 14.1 Å². The van der Waals surface area contributed by atoms with Crippen molar-refractivity contribution in [2.45, 2.75) is 115 Å². The summed E-state index contributed by atoms with van der Waals surface area (Å²) < 4.78 is 30.6. The summed E-state index contributed by atoms with van der Waals surface area (Å²) in [6, 6.07) is 0. The molecule has 1 saturated heterocycles. The molecule has 0 aliphatic carbocycles. The second kappa shape index (κ2) is 8.67. The van der Waals surface area contributed by atoms with Crippen molar-refractivity contribution in [3.63, 3.8) is 0 Å². The van der Waals surface area contributed by atoms with E-state index in [2.05, 4.69) is 45.7 Å². The molecule has 27 heavy (non-hydrogen) atoms. The lowest BCUT2D eigenvalue weighted by atomic mass is 10.2. The Kier molecular flexibility index (Phi) is 7.97. The molecular weight excluding hydrogens is 376 g/mol. The number of rotatable bonds is 5. The maximum Gasteiger partial charge on any atom is 0.192 e. The topological polar surface area (TPSA) is 44.8 Å². The molecule has 1 aliphatic rings. The van der Waals surface area contributed by atoms with Crippen LogP contribution in [-0.4, -0.2) is 47.1 Å². The van der Waals surface area contributed by atoms with Gasteiger partial charge in [-0.1, -0.05) is 32.6 Å². The summed E-state index contributed by atoms with van der Waals surface area (Å²) in [7, 11) is -2.79. The molecule has 4 atom stereocenters. The first kappa shape index (κ1) is 24.8. The first-order valence-electron chi connectivity index (χ1n) is 9.85. The van der Waals surface area contributed by atoms with E-state index in [1.54, 1.807) is 0 Å². The van der Waals surface area contributed by atoms with Gasteiger partial charge in [-0.3, -0.25) is 4.21 Å². The lowest BCUT2D eigenvalue weighted by Crippen LogP contribution is -2.44. The molecule has 0 spiro atoms. The zero-order valence-corrected chi connectivity index (χ0v) is 21.0. The van der Waals surface area contributed by atoms with Gasteiger partial charge in [0.1, 0.15) is 12.2 Å². The van der Waals surface area contributed by atoms with Crippen molar-refractivity contribution in [2.75, 3.05) is 6.61 Å². The maximum absolute atomic E-state index is 12.4. The van der Waals surface area contributed by atoms with E-state index >= 15 is 0 Å². The second-order valence-electron chi connectivity index (χ2n) is 10.4. The largest absolute Gasteiger partial charge is 0.414 e. The van der Waals surface area contributed by atoms with E-state index < -0.39 is 24.9 Å². The van der Waals surface area contributed by atoms with Crippen LogP contribution in [0.4, 0.5) is 0 Å². The fraction of sp³-hybridized carbons (Fsp3) is 0.905. The fourth-order valence-electron chi connectivity index (χ4n) is 2.57. The smallest absolute Gasteiger partial charge is 0.192 e. The molecule has 0 bridgehead atoms. The standard InChI is InChI=1S/C21H40O4SSi/c1-16(26(22)19(2,3)4)13-12-14-17-18(25-21(8,9)24-17)15-23-27(10,11)20(5,6)7/h16-18H,13,15H2,1-11H3/t16-,17-,18-,26?/m0/s1. The van der Waals surface area contributed by atoms with Crippen molar-refractivity contribution in [3.05, 3.63) is 0 Å². The van der Waals surface area contributed by atoms with Gasteiger partial charge in [-0.05, 0) is 59.7 Å². The molecule has 0 N–H and O–H groups in total. The zero-order valence-electron chi connectivity index (χ0n) is 19.2. The van der Waals surface area contributed by atoms with Crippen molar-refractivity contribution in [1.82, 2.24) is 0 Å². The summed E-state index contributed by atoms with van der Waals surface area (Å²) in [6.45, 7) is 23.4. The van der Waals surface area contributed by atoms with E-state index in [0.717, 1.165) is 0 Å². The minimum Gasteiger partial charge on any atom is -0.414 e. The summed E-state index contributed by atoms with van der Waals surface area (Å²) in [4.78, 5) is 0. The molecule has 1 heterocycles. The van der Waals surface area contributed by atoms with Gasteiger partial charge >= 0.3 is 0 Å². The highest BCUT2D eigenvalue weighted by Gasteiger charge is 2.43. The number of hydrogen-bond acceptors (Lipinski definition) is 4. The zero-order chi connectivity index (χ0) is 21.3. The van der Waals surface area contributed by atoms with Crippen molar-refractivity contribution in [1.29, 1.82) is 0 Å². The molecule has 0 aromatic rings. The second-order valence-corrected chi connectivity index (χ2v) is 17.8. The maximum atomic E-state index is 12.4. The third-order valence-corrected chi connectivity index (χ3v) is 11.8. The highest BCUT2D eigenvalue weighted by atomic mass is 32.2. The van der Waals surface area contributed by atoms with Gasteiger partial charge in [0, 0.05) is 27.2 Å². The third kappa shape index (κ3) is 7.29. The van der Waals surface area contributed by atoms with Gasteiger partial charge in [-0.25, -0.2) is 0 Å². The van der Waals surface area contributed by atoms with Gasteiger partial charge < -0.3 is 13.9 Å². The van der Waals surface area contributed by atoms with Crippen LogP contribution in [0.3, 0.4) is 0 Å². The Balaban J connectivity index is 2.77. The van der Waals surface area contributed by atoms with Gasteiger partial charge in [0.25, 0.3) is 0 Å². The van der Waals surface area contributed by atoms with Crippen LogP contribution in [-0.2, 0) is 24.7 Å². The Morgan fingerprint density at radius 2 is 1.70 bits per heavy atom. The predicted molar refractivity (Wildman–Crippen MR) is 117 cm³/mol. The van der Waals surface area contributed by atoms with Crippen LogP contribution in [0.25, 0.3) is 0 Å². The highest BCUT2D eigenvalue weighted by molar-refractivity contribution is 7.87. The van der Waals surface area contributed by atoms with Crippen LogP contribution in [0.2, 0.25) is 18.1 Å². The Bertz CT molecular complexity index is 590. The van der Waals surface area contributed by atoms with Crippen LogP contribution in [0, 0.1) is 11.8 Å². The van der Waals surface area contributed by atoms with Gasteiger partial charge in [0.2, 0.25) is 0 Å². The van der Waals surface area contributed by atoms with Crippen LogP contribution in [0.15, 0.2) is 0 Å². The molecule has 6 heteroatoms. The quantitative estimate of drug-likeness (QED) is 0.474. The van der Waals surface area contributed by atoms with Crippen molar-refractivity contribution in [3.8, 4) is 11.8 Å². The van der Waals surface area contributed by atoms with Crippen molar-refractivity contribution >= 4 is 19.1 Å². The van der Waals surface area contributed by atoms with Crippen LogP contribution >= 0.6 is 0 Å². The first-order valence-corrected chi connectivity index (χ1v) is 14.0. The van der Waals surface area contributed by atoms with Gasteiger partial charge in [0.05, 0.1) is 6.61 Å². The minimum absolute atomic E-state index is 0.0229. The van der Waals surface area contributed by atoms with Crippen LogP contribution < -0.4 is 0 Å². The molecule has 1 aliphatic heterocycles. The average molecular weight is 417 g/mol. The average Bonchev–Trinajstić information content (AvgIpc) is 2.76. The Labute approximate surface area is 170 Å². The molecule has 1 fully saturated rings. The summed E-state index contributed by atoms with van der Waals surface area (Å²) in [5.74, 6) is 5.72. The summed E-state index contributed by atoms with van der Waals surface area (Å²) in [5, 5.41) is 0.171. The molecule has 1 unspecified atom stereocenters. The van der Waals surface area contributed by atoms with E-state index in [9.17, 15) is 4.21 Å². The monoisotopic (exact) mass is 416 g/mol. The van der Waals surface area contributed by atoms with E-state index in [0.29, 0.717) is 13.0 Å². The lowest BCUT2D eigenvalue weighted by Gasteiger charge is -2.37. The SMILES string of the molecule is C[C@@H](CC#C[C@@H]1OC(C)(C)O[C@H]1CO[Si](C)(C)C(C)(C)C)S(=O)C(C)(C)C. The molecular formula is C21H40O4SSi. The molecule has 0 aromatic heterocycles. The Hall–Kier alpha value is -0.193. The van der Waals surface area contributed by atoms with E-state index in [4.69, 9.17) is 13.9 Å². The van der Waals surface area contributed by atoms with E-state index in [1.807, 2.05) is 41.5 Å². The molecule has 158 valence electrons. The highest BCUT2D eigenvalue weighted by Crippen LogP contribution is 2.37. The molecule has 0 amide bonds. The van der Waals surface area contributed by atoms with E-state index in [1.165, 1.54) is 0 Å². The molecule has 1 rings (SSSR count). The summed E-state index contributed by atoms with van der Waals surface area (Å²) in [5.41, 5.74) is 0. The molecule has 0 saturated carbocycles. The predicted octanol–water partition coefficient (Wildman–Crippen LogP) is 4.86. The lowest BCUT2D eigenvalue weighted by molar-refractivity contribution is -0.145. The van der Waals surface area contributed by atoms with Crippen molar-refractivity contribution < 1.29 is 18.1 Å². The summed E-state index contributed by atoms with van der Waals surface area (Å²) >= 11 is 0. The van der Waals surface area contributed by atoms with Crippen LogP contribution in [0.1, 0.15) is 68.7 Å².